The Kier molecular flexibility index (Phi) is 5.70. The van der Waals surface area contributed by atoms with Gasteiger partial charge in [-0.3, -0.25) is 14.8 Å². The van der Waals surface area contributed by atoms with Crippen molar-refractivity contribution in [1.29, 1.82) is 0 Å². The van der Waals surface area contributed by atoms with E-state index in [4.69, 9.17) is 0 Å². The molecule has 4 aromatic rings. The van der Waals surface area contributed by atoms with Crippen molar-refractivity contribution in [3.05, 3.63) is 72.4 Å². The Morgan fingerprint density at radius 2 is 1.67 bits per heavy atom. The minimum absolute atomic E-state index is 0.166. The molecule has 1 aromatic carbocycles. The van der Waals surface area contributed by atoms with Gasteiger partial charge in [-0.15, -0.1) is 0 Å². The van der Waals surface area contributed by atoms with Gasteiger partial charge in [-0.2, -0.15) is 0 Å². The molecule has 0 saturated carbocycles. The highest BCUT2D eigenvalue weighted by Crippen LogP contribution is 2.15. The van der Waals surface area contributed by atoms with Gasteiger partial charge in [0.05, 0.1) is 11.0 Å². The second-order valence-electron chi connectivity index (χ2n) is 6.47. The van der Waals surface area contributed by atoms with Crippen LogP contribution in [0.2, 0.25) is 0 Å². The molecule has 0 aliphatic carbocycles. The van der Waals surface area contributed by atoms with Crippen molar-refractivity contribution >= 4 is 34.4 Å². The first kappa shape index (κ1) is 19.2. The molecule has 0 bridgehead atoms. The van der Waals surface area contributed by atoms with Crippen molar-refractivity contribution in [3.8, 4) is 0 Å². The van der Waals surface area contributed by atoms with Crippen molar-refractivity contribution in [2.24, 2.45) is 0 Å². The Morgan fingerprint density at radius 3 is 2.50 bits per heavy atom. The van der Waals surface area contributed by atoms with Crippen molar-refractivity contribution in [1.82, 2.24) is 30.2 Å². The molecule has 150 valence electrons. The molecule has 9 heteroatoms. The quantitative estimate of drug-likeness (QED) is 0.405. The molecule has 30 heavy (non-hydrogen) atoms. The summed E-state index contributed by atoms with van der Waals surface area (Å²) in [5.74, 6) is 2.47. The zero-order chi connectivity index (χ0) is 20.8. The number of hydrogen-bond donors (Lipinski definition) is 3. The van der Waals surface area contributed by atoms with Crippen LogP contribution >= 0.6 is 0 Å². The Balaban J connectivity index is 1.32. The number of aryl methyl sites for hydroxylation is 1. The van der Waals surface area contributed by atoms with Crippen LogP contribution in [0.3, 0.4) is 0 Å². The van der Waals surface area contributed by atoms with E-state index in [-0.39, 0.29) is 5.91 Å². The largest absolute Gasteiger partial charge is 0.368 e. The van der Waals surface area contributed by atoms with Gasteiger partial charge >= 0.3 is 0 Å². The predicted molar refractivity (Wildman–Crippen MR) is 115 cm³/mol. The van der Waals surface area contributed by atoms with Crippen molar-refractivity contribution in [2.45, 2.75) is 6.92 Å². The van der Waals surface area contributed by atoms with Crippen molar-refractivity contribution < 1.29 is 4.79 Å². The van der Waals surface area contributed by atoms with Crippen LogP contribution in [0.5, 0.6) is 0 Å². The fourth-order valence-electron chi connectivity index (χ4n) is 2.86. The van der Waals surface area contributed by atoms with E-state index in [2.05, 4.69) is 40.9 Å². The number of anilines is 3. The normalized spacial score (nSPS) is 10.6. The van der Waals surface area contributed by atoms with E-state index in [1.807, 2.05) is 25.1 Å². The summed E-state index contributed by atoms with van der Waals surface area (Å²) < 4.78 is 0. The molecular formula is C21H20N8O. The van der Waals surface area contributed by atoms with E-state index >= 15 is 0 Å². The minimum atomic E-state index is -0.166. The Labute approximate surface area is 173 Å². The Morgan fingerprint density at radius 1 is 0.833 bits per heavy atom. The summed E-state index contributed by atoms with van der Waals surface area (Å²) in [4.78, 5) is 33.8. The number of carbonyl (C=O) groups is 1. The third-order valence-corrected chi connectivity index (χ3v) is 4.21. The standard InChI is InChI=1S/C21H20N8O/c1-14-27-19(13-20(28-14)29-18-4-2-3-7-24-18)25-10-11-26-21(30)15-5-6-16-17(12-15)23-9-8-22-16/h2-9,12-13H,10-11H2,1H3,(H,26,30)(H2,24,25,27,28,29). The van der Waals surface area contributed by atoms with E-state index in [0.717, 1.165) is 5.52 Å². The monoisotopic (exact) mass is 400 g/mol. The topological polar surface area (TPSA) is 118 Å². The summed E-state index contributed by atoms with van der Waals surface area (Å²) in [7, 11) is 0. The van der Waals surface area contributed by atoms with E-state index in [1.165, 1.54) is 0 Å². The average Bonchev–Trinajstić information content (AvgIpc) is 2.76. The van der Waals surface area contributed by atoms with Gasteiger partial charge in [0.15, 0.2) is 0 Å². The minimum Gasteiger partial charge on any atom is -0.368 e. The maximum atomic E-state index is 12.4. The number of pyridine rings is 1. The van der Waals surface area contributed by atoms with Crippen molar-refractivity contribution in [2.75, 3.05) is 23.7 Å². The Bertz CT molecular complexity index is 1170. The van der Waals surface area contributed by atoms with Gasteiger partial charge in [-0.05, 0) is 37.3 Å². The van der Waals surface area contributed by atoms with Crippen LogP contribution in [0.4, 0.5) is 17.5 Å². The molecule has 0 unspecified atom stereocenters. The molecule has 0 radical (unpaired) electrons. The fraction of sp³-hybridized carbons (Fsp3) is 0.143. The molecule has 0 spiro atoms. The van der Waals surface area contributed by atoms with Crippen LogP contribution in [-0.2, 0) is 0 Å². The van der Waals surface area contributed by atoms with Gasteiger partial charge in [0.1, 0.15) is 23.3 Å². The molecule has 4 rings (SSSR count). The van der Waals surface area contributed by atoms with Crippen LogP contribution < -0.4 is 16.0 Å². The molecule has 0 fully saturated rings. The van der Waals surface area contributed by atoms with Gasteiger partial charge < -0.3 is 16.0 Å². The van der Waals surface area contributed by atoms with E-state index in [9.17, 15) is 4.79 Å². The van der Waals surface area contributed by atoms with E-state index in [1.54, 1.807) is 42.9 Å². The van der Waals surface area contributed by atoms with Gasteiger partial charge in [0, 0.05) is 43.3 Å². The Hall–Kier alpha value is -4.14. The van der Waals surface area contributed by atoms with Crippen LogP contribution in [0.25, 0.3) is 11.0 Å². The smallest absolute Gasteiger partial charge is 0.251 e. The number of carbonyl (C=O) groups excluding carboxylic acids is 1. The number of rotatable bonds is 7. The van der Waals surface area contributed by atoms with Crippen LogP contribution in [0.15, 0.2) is 61.1 Å². The zero-order valence-corrected chi connectivity index (χ0v) is 16.3. The summed E-state index contributed by atoms with van der Waals surface area (Å²) in [6.45, 7) is 2.77. The lowest BCUT2D eigenvalue weighted by Crippen LogP contribution is -2.29. The molecule has 1 amide bonds. The summed E-state index contributed by atoms with van der Waals surface area (Å²) >= 11 is 0. The lowest BCUT2D eigenvalue weighted by Gasteiger charge is -2.10. The number of hydrogen-bond acceptors (Lipinski definition) is 8. The highest BCUT2D eigenvalue weighted by atomic mass is 16.1. The van der Waals surface area contributed by atoms with Gasteiger partial charge in [0.2, 0.25) is 0 Å². The first-order valence-electron chi connectivity index (χ1n) is 9.44. The SMILES string of the molecule is Cc1nc(NCCNC(=O)c2ccc3nccnc3c2)cc(Nc2ccccn2)n1. The molecule has 3 aromatic heterocycles. The van der Waals surface area contributed by atoms with Gasteiger partial charge in [-0.1, -0.05) is 6.07 Å². The second-order valence-corrected chi connectivity index (χ2v) is 6.47. The zero-order valence-electron chi connectivity index (χ0n) is 16.3. The average molecular weight is 400 g/mol. The lowest BCUT2D eigenvalue weighted by atomic mass is 10.2. The predicted octanol–water partition coefficient (Wildman–Crippen LogP) is 2.71. The molecular weight excluding hydrogens is 380 g/mol. The first-order valence-corrected chi connectivity index (χ1v) is 9.44. The molecule has 0 aliphatic rings. The molecule has 9 nitrogen and oxygen atoms in total. The third kappa shape index (κ3) is 4.82. The summed E-state index contributed by atoms with van der Waals surface area (Å²) in [5.41, 5.74) is 1.99. The fourth-order valence-corrected chi connectivity index (χ4v) is 2.86. The van der Waals surface area contributed by atoms with E-state index < -0.39 is 0 Å². The summed E-state index contributed by atoms with van der Waals surface area (Å²) in [6.07, 6.45) is 4.94. The molecule has 0 aliphatic heterocycles. The molecule has 3 heterocycles. The second kappa shape index (κ2) is 8.91. The van der Waals surface area contributed by atoms with Crippen LogP contribution in [0, 0.1) is 6.92 Å². The van der Waals surface area contributed by atoms with Crippen LogP contribution in [0.1, 0.15) is 16.2 Å². The number of aromatic nitrogens is 5. The van der Waals surface area contributed by atoms with Gasteiger partial charge in [0.25, 0.3) is 5.91 Å². The lowest BCUT2D eigenvalue weighted by molar-refractivity contribution is 0.0955. The number of nitrogens with zero attached hydrogens (tertiary/aromatic N) is 5. The van der Waals surface area contributed by atoms with Crippen molar-refractivity contribution in [3.63, 3.8) is 0 Å². The van der Waals surface area contributed by atoms with E-state index in [0.29, 0.717) is 47.4 Å². The number of benzene rings is 1. The first-order chi connectivity index (χ1) is 14.7. The highest BCUT2D eigenvalue weighted by Gasteiger charge is 2.07. The molecule has 0 saturated heterocycles. The van der Waals surface area contributed by atoms with Crippen LogP contribution in [-0.4, -0.2) is 43.9 Å². The third-order valence-electron chi connectivity index (χ3n) is 4.21. The maximum absolute atomic E-state index is 12.4. The summed E-state index contributed by atoms with van der Waals surface area (Å²) in [5, 5.41) is 9.23. The summed E-state index contributed by atoms with van der Waals surface area (Å²) in [6, 6.07) is 12.7. The van der Waals surface area contributed by atoms with Gasteiger partial charge in [-0.25, -0.2) is 15.0 Å². The number of amides is 1. The maximum Gasteiger partial charge on any atom is 0.251 e. The molecule has 3 N–H and O–H groups in total. The highest BCUT2D eigenvalue weighted by molar-refractivity contribution is 5.97. The molecule has 0 atom stereocenters. The number of fused-ring (bicyclic) bond motifs is 1. The number of nitrogens with one attached hydrogen (secondary N) is 3.